The maximum atomic E-state index is 13.0. The third-order valence-corrected chi connectivity index (χ3v) is 8.15. The Hall–Kier alpha value is -2.11. The number of pyridine rings is 1. The van der Waals surface area contributed by atoms with Crippen LogP contribution in [-0.2, 0) is 4.79 Å². The fourth-order valence-corrected chi connectivity index (χ4v) is 6.75. The summed E-state index contributed by atoms with van der Waals surface area (Å²) in [5, 5.41) is 0. The molecule has 3 saturated heterocycles. The Kier molecular flexibility index (Phi) is 5.42. The number of fused-ring (bicyclic) bond motifs is 4. The summed E-state index contributed by atoms with van der Waals surface area (Å²) in [5.41, 5.74) is 5.83. The van der Waals surface area contributed by atoms with Crippen LogP contribution in [0.2, 0.25) is 0 Å². The number of carbonyl (C=O) groups excluding carboxylic acids is 2. The SMILES string of the molecule is NC(=O)c1ccc(N2C[C@H]3C[C@@H](C2)[C@H](CC2CCCCC2)N2C(=O)CCC[C@@H]32)nc1. The normalized spacial score (nSPS) is 32.1. The molecule has 2 N–H and O–H groups in total. The van der Waals surface area contributed by atoms with Gasteiger partial charge in [0, 0.05) is 37.8 Å². The van der Waals surface area contributed by atoms with Gasteiger partial charge in [-0.1, -0.05) is 32.1 Å². The monoisotopic (exact) mass is 410 g/mol. The standard InChI is InChI=1S/C24H34N4O2/c25-24(30)17-9-10-22(26-13-17)27-14-18-12-19(15-27)21(11-16-5-2-1-3-6-16)28-20(18)7-4-8-23(28)29/h9-10,13,16,18-21H,1-8,11-12,14-15H2,(H2,25,30)/t18-,19+,20+,21+/m1/s1. The van der Waals surface area contributed by atoms with Gasteiger partial charge in [-0.25, -0.2) is 4.98 Å². The number of primary amides is 1. The molecule has 3 aliphatic heterocycles. The van der Waals surface area contributed by atoms with Crippen LogP contribution in [0.4, 0.5) is 5.82 Å². The van der Waals surface area contributed by atoms with Crippen molar-refractivity contribution in [3.63, 3.8) is 0 Å². The summed E-state index contributed by atoms with van der Waals surface area (Å²) in [6.07, 6.45) is 13.7. The third-order valence-electron chi connectivity index (χ3n) is 8.15. The molecule has 1 aromatic rings. The van der Waals surface area contributed by atoms with Crippen LogP contribution in [0.1, 0.15) is 74.6 Å². The Morgan fingerprint density at radius 2 is 1.87 bits per heavy atom. The van der Waals surface area contributed by atoms with Gasteiger partial charge in [-0.3, -0.25) is 9.59 Å². The molecule has 1 saturated carbocycles. The summed E-state index contributed by atoms with van der Waals surface area (Å²) in [5.74, 6) is 2.71. The molecule has 5 rings (SSSR count). The maximum Gasteiger partial charge on any atom is 0.250 e. The number of rotatable bonds is 4. The van der Waals surface area contributed by atoms with E-state index in [2.05, 4.69) is 14.8 Å². The van der Waals surface area contributed by atoms with Crippen molar-refractivity contribution in [2.45, 2.75) is 76.3 Å². The highest BCUT2D eigenvalue weighted by Crippen LogP contribution is 2.45. The van der Waals surface area contributed by atoms with Crippen molar-refractivity contribution in [3.8, 4) is 0 Å². The van der Waals surface area contributed by atoms with Gasteiger partial charge in [0.25, 0.3) is 0 Å². The Morgan fingerprint density at radius 3 is 2.60 bits per heavy atom. The highest BCUT2D eigenvalue weighted by atomic mass is 16.2. The van der Waals surface area contributed by atoms with Gasteiger partial charge < -0.3 is 15.5 Å². The second kappa shape index (κ2) is 8.20. The smallest absolute Gasteiger partial charge is 0.250 e. The van der Waals surface area contributed by atoms with E-state index in [4.69, 9.17) is 5.73 Å². The fraction of sp³-hybridized carbons (Fsp3) is 0.708. The van der Waals surface area contributed by atoms with E-state index in [1.807, 2.05) is 6.07 Å². The Bertz CT molecular complexity index is 789. The van der Waals surface area contributed by atoms with Crippen molar-refractivity contribution in [1.29, 1.82) is 0 Å². The zero-order valence-corrected chi connectivity index (χ0v) is 17.8. The molecule has 6 nitrogen and oxygen atoms in total. The van der Waals surface area contributed by atoms with E-state index < -0.39 is 5.91 Å². The molecule has 0 aromatic carbocycles. The molecule has 4 heterocycles. The summed E-state index contributed by atoms with van der Waals surface area (Å²) in [4.78, 5) is 33.7. The minimum atomic E-state index is -0.437. The molecule has 1 aliphatic carbocycles. The van der Waals surface area contributed by atoms with E-state index in [1.165, 1.54) is 44.9 Å². The van der Waals surface area contributed by atoms with Gasteiger partial charge in [0.1, 0.15) is 5.82 Å². The van der Waals surface area contributed by atoms with Crippen molar-refractivity contribution in [2.24, 2.45) is 23.5 Å². The van der Waals surface area contributed by atoms with Gasteiger partial charge in [0.2, 0.25) is 11.8 Å². The van der Waals surface area contributed by atoms with Gasteiger partial charge in [-0.05, 0) is 55.6 Å². The first-order valence-corrected chi connectivity index (χ1v) is 11.9. The summed E-state index contributed by atoms with van der Waals surface area (Å²) < 4.78 is 0. The highest BCUT2D eigenvalue weighted by molar-refractivity contribution is 5.92. The number of amides is 2. The number of aromatic nitrogens is 1. The Balaban J connectivity index is 1.39. The number of hydrogen-bond acceptors (Lipinski definition) is 4. The van der Waals surface area contributed by atoms with Gasteiger partial charge in [0.05, 0.1) is 5.56 Å². The number of hydrogen-bond donors (Lipinski definition) is 1. The van der Waals surface area contributed by atoms with Crippen molar-refractivity contribution in [2.75, 3.05) is 18.0 Å². The second-order valence-corrected chi connectivity index (χ2v) is 10.00. The van der Waals surface area contributed by atoms with Gasteiger partial charge in [-0.15, -0.1) is 0 Å². The van der Waals surface area contributed by atoms with Crippen LogP contribution in [0.3, 0.4) is 0 Å². The average Bonchev–Trinajstić information content (AvgIpc) is 2.77. The Morgan fingerprint density at radius 1 is 1.07 bits per heavy atom. The number of anilines is 1. The van der Waals surface area contributed by atoms with E-state index in [-0.39, 0.29) is 0 Å². The summed E-state index contributed by atoms with van der Waals surface area (Å²) >= 11 is 0. The minimum absolute atomic E-state index is 0.384. The quantitative estimate of drug-likeness (QED) is 0.825. The summed E-state index contributed by atoms with van der Waals surface area (Å²) in [6.45, 7) is 1.90. The summed E-state index contributed by atoms with van der Waals surface area (Å²) in [6, 6.07) is 4.49. The first kappa shape index (κ1) is 19.8. The lowest BCUT2D eigenvalue weighted by atomic mass is 9.69. The predicted molar refractivity (Wildman–Crippen MR) is 116 cm³/mol. The second-order valence-electron chi connectivity index (χ2n) is 10.00. The molecule has 0 spiro atoms. The Labute approximate surface area is 179 Å². The van der Waals surface area contributed by atoms with Gasteiger partial charge in [-0.2, -0.15) is 0 Å². The largest absolute Gasteiger partial charge is 0.366 e. The molecule has 30 heavy (non-hydrogen) atoms. The molecule has 0 radical (unpaired) electrons. The first-order chi connectivity index (χ1) is 14.6. The topological polar surface area (TPSA) is 79.5 Å². The lowest BCUT2D eigenvalue weighted by molar-refractivity contribution is -0.149. The minimum Gasteiger partial charge on any atom is -0.366 e. The van der Waals surface area contributed by atoms with Gasteiger partial charge >= 0.3 is 0 Å². The summed E-state index contributed by atoms with van der Waals surface area (Å²) in [7, 11) is 0. The van der Waals surface area contributed by atoms with Crippen LogP contribution >= 0.6 is 0 Å². The van der Waals surface area contributed by atoms with Crippen molar-refractivity contribution in [1.82, 2.24) is 9.88 Å². The molecule has 4 atom stereocenters. The van der Waals surface area contributed by atoms with E-state index >= 15 is 0 Å². The predicted octanol–water partition coefficient (Wildman–Crippen LogP) is 3.36. The lowest BCUT2D eigenvalue weighted by Crippen LogP contribution is -2.65. The van der Waals surface area contributed by atoms with Gasteiger partial charge in [0.15, 0.2) is 0 Å². The van der Waals surface area contributed by atoms with Crippen molar-refractivity contribution in [3.05, 3.63) is 23.9 Å². The van der Waals surface area contributed by atoms with E-state index in [1.54, 1.807) is 12.3 Å². The van der Waals surface area contributed by atoms with Crippen molar-refractivity contribution >= 4 is 17.6 Å². The zero-order chi connectivity index (χ0) is 20.7. The highest BCUT2D eigenvalue weighted by Gasteiger charge is 2.49. The van der Waals surface area contributed by atoms with Crippen LogP contribution in [0.5, 0.6) is 0 Å². The molecule has 0 unspecified atom stereocenters. The molecular formula is C24H34N4O2. The van der Waals surface area contributed by atoms with Crippen LogP contribution in [0, 0.1) is 17.8 Å². The van der Waals surface area contributed by atoms with Crippen LogP contribution in [0.25, 0.3) is 0 Å². The molecule has 4 aliphatic rings. The number of piperidine rings is 3. The number of nitrogens with zero attached hydrogens (tertiary/aromatic N) is 3. The molecule has 1 aromatic heterocycles. The molecular weight excluding hydrogens is 376 g/mol. The van der Waals surface area contributed by atoms with Crippen LogP contribution < -0.4 is 10.6 Å². The molecule has 2 bridgehead atoms. The third kappa shape index (κ3) is 3.69. The van der Waals surface area contributed by atoms with Crippen LogP contribution in [-0.4, -0.2) is 46.9 Å². The average molecular weight is 411 g/mol. The number of carbonyl (C=O) groups is 2. The van der Waals surface area contributed by atoms with E-state index in [9.17, 15) is 9.59 Å². The molecule has 2 amide bonds. The molecule has 4 fully saturated rings. The van der Waals surface area contributed by atoms with Crippen molar-refractivity contribution < 1.29 is 9.59 Å². The maximum absolute atomic E-state index is 13.0. The number of nitrogens with two attached hydrogens (primary N) is 1. The van der Waals surface area contributed by atoms with E-state index in [0.717, 1.165) is 44.1 Å². The molecule has 162 valence electrons. The first-order valence-electron chi connectivity index (χ1n) is 11.9. The fourth-order valence-electron chi connectivity index (χ4n) is 6.75. The lowest BCUT2D eigenvalue weighted by Gasteiger charge is -2.57. The zero-order valence-electron chi connectivity index (χ0n) is 17.8. The molecule has 6 heteroatoms. The van der Waals surface area contributed by atoms with E-state index in [0.29, 0.717) is 35.4 Å². The van der Waals surface area contributed by atoms with Crippen LogP contribution in [0.15, 0.2) is 18.3 Å².